The average molecular weight is 287 g/mol. The van der Waals surface area contributed by atoms with Crippen molar-refractivity contribution >= 4 is 24.0 Å². The number of rotatable bonds is 1. The summed E-state index contributed by atoms with van der Waals surface area (Å²) >= 11 is 5.00. The maximum atomic E-state index is 12.2. The molecule has 0 spiro atoms. The molecular formula is C6H2BClF6KN. The van der Waals surface area contributed by atoms with E-state index >= 15 is 0 Å². The predicted octanol–water partition coefficient (Wildman–Crippen LogP) is -0.188. The molecular weight excluding hydrogens is 285 g/mol. The van der Waals surface area contributed by atoms with Gasteiger partial charge in [-0.05, 0) is 0 Å². The Kier molecular flexibility index (Phi) is 5.83. The fourth-order valence-electron chi connectivity index (χ4n) is 1.00. The second kappa shape index (κ2) is 5.57. The first-order valence-electron chi connectivity index (χ1n) is 3.55. The van der Waals surface area contributed by atoms with Gasteiger partial charge in [0.25, 0.3) is 0 Å². The summed E-state index contributed by atoms with van der Waals surface area (Å²) in [6.07, 6.45) is -4.58. The van der Waals surface area contributed by atoms with Crippen LogP contribution in [-0.4, -0.2) is 12.0 Å². The summed E-state index contributed by atoms with van der Waals surface area (Å²) in [4.78, 5) is 2.98. The zero-order valence-corrected chi connectivity index (χ0v) is 11.7. The van der Waals surface area contributed by atoms with Crippen molar-refractivity contribution < 1.29 is 77.5 Å². The Morgan fingerprint density at radius 2 is 1.69 bits per heavy atom. The molecule has 84 valence electrons. The molecule has 0 atom stereocenters. The van der Waals surface area contributed by atoms with E-state index < -0.39 is 29.3 Å². The minimum absolute atomic E-state index is 0. The van der Waals surface area contributed by atoms with Crippen LogP contribution in [0.25, 0.3) is 0 Å². The van der Waals surface area contributed by atoms with Gasteiger partial charge >= 0.3 is 64.5 Å². The molecule has 0 aliphatic heterocycles. The van der Waals surface area contributed by atoms with Gasteiger partial charge in [0.2, 0.25) is 0 Å². The molecule has 0 fully saturated rings. The summed E-state index contributed by atoms with van der Waals surface area (Å²) in [7, 11) is 0. The van der Waals surface area contributed by atoms with Gasteiger partial charge in [-0.1, -0.05) is 23.1 Å². The van der Waals surface area contributed by atoms with E-state index in [1.165, 1.54) is 0 Å². The van der Waals surface area contributed by atoms with E-state index in [0.717, 1.165) is 0 Å². The van der Waals surface area contributed by atoms with E-state index in [2.05, 4.69) is 4.98 Å². The predicted molar refractivity (Wildman–Crippen MR) is 43.0 cm³/mol. The smallest absolute Gasteiger partial charge is 0.445 e. The van der Waals surface area contributed by atoms with E-state index in [1.54, 1.807) is 0 Å². The Labute approximate surface area is 134 Å². The van der Waals surface area contributed by atoms with Gasteiger partial charge in [-0.15, -0.1) is 0 Å². The third-order valence-corrected chi connectivity index (χ3v) is 1.86. The normalized spacial score (nSPS) is 12.2. The van der Waals surface area contributed by atoms with Gasteiger partial charge in [0.15, 0.2) is 0 Å². The molecule has 1 nitrogen and oxygen atoms in total. The molecule has 0 aliphatic rings. The number of hydrogen-bond acceptors (Lipinski definition) is 1. The average Bonchev–Trinajstić information content (AvgIpc) is 1.99. The summed E-state index contributed by atoms with van der Waals surface area (Å²) in [5.41, 5.74) is -3.71. The van der Waals surface area contributed by atoms with Crippen molar-refractivity contribution in [3.63, 3.8) is 0 Å². The quantitative estimate of drug-likeness (QED) is 0.396. The molecule has 0 unspecified atom stereocenters. The molecule has 0 saturated carbocycles. The van der Waals surface area contributed by atoms with Crippen LogP contribution >= 0.6 is 11.6 Å². The van der Waals surface area contributed by atoms with Crippen molar-refractivity contribution in [2.75, 3.05) is 0 Å². The second-order valence-electron chi connectivity index (χ2n) is 2.64. The monoisotopic (exact) mass is 287 g/mol. The van der Waals surface area contributed by atoms with Crippen LogP contribution in [0.15, 0.2) is 12.3 Å². The van der Waals surface area contributed by atoms with Gasteiger partial charge in [-0.2, -0.15) is 13.2 Å². The van der Waals surface area contributed by atoms with Gasteiger partial charge in [0.05, 0.1) is 5.56 Å². The van der Waals surface area contributed by atoms with Crippen molar-refractivity contribution in [1.82, 2.24) is 4.98 Å². The Morgan fingerprint density at radius 1 is 1.19 bits per heavy atom. The minimum atomic E-state index is -5.77. The Morgan fingerprint density at radius 3 is 2.00 bits per heavy atom. The molecule has 0 amide bonds. The van der Waals surface area contributed by atoms with E-state index in [1.807, 2.05) is 0 Å². The Bertz CT molecular complexity index is 378. The van der Waals surface area contributed by atoms with E-state index in [4.69, 9.17) is 11.6 Å². The van der Waals surface area contributed by atoms with E-state index in [0.29, 0.717) is 6.20 Å². The van der Waals surface area contributed by atoms with Crippen LogP contribution in [0.1, 0.15) is 5.56 Å². The van der Waals surface area contributed by atoms with Gasteiger partial charge in [0.1, 0.15) is 5.15 Å². The van der Waals surface area contributed by atoms with Crippen LogP contribution in [0, 0.1) is 0 Å². The molecule has 0 aliphatic carbocycles. The Balaban J connectivity index is 0.00000225. The first-order chi connectivity index (χ1) is 6.64. The molecule has 0 aromatic carbocycles. The van der Waals surface area contributed by atoms with Crippen molar-refractivity contribution in [3.05, 3.63) is 23.0 Å². The number of hydrogen-bond donors (Lipinski definition) is 0. The van der Waals surface area contributed by atoms with Gasteiger partial charge in [-0.25, -0.2) is 4.98 Å². The van der Waals surface area contributed by atoms with E-state index in [9.17, 15) is 26.1 Å². The number of alkyl halides is 3. The van der Waals surface area contributed by atoms with Crippen LogP contribution in [0.2, 0.25) is 5.15 Å². The third-order valence-electron chi connectivity index (χ3n) is 1.57. The molecule has 0 radical (unpaired) electrons. The summed E-state index contributed by atoms with van der Waals surface area (Å²) < 4.78 is 73.4. The molecule has 1 heterocycles. The molecule has 0 saturated heterocycles. The van der Waals surface area contributed by atoms with Crippen LogP contribution < -0.4 is 56.8 Å². The van der Waals surface area contributed by atoms with Gasteiger partial charge < -0.3 is 12.9 Å². The first-order valence-corrected chi connectivity index (χ1v) is 3.93. The first kappa shape index (κ1) is 16.7. The molecule has 1 aromatic heterocycles. The molecule has 0 N–H and O–H groups in total. The molecule has 0 bridgehead atoms. The second-order valence-corrected chi connectivity index (χ2v) is 3.00. The summed E-state index contributed by atoms with van der Waals surface area (Å²) in [5, 5.41) is -1.20. The number of halogens is 7. The standard InChI is InChI=1S/C6H2BClF6N.K/c8-5-4(6(9,10)11)3(1-2-15-5)7(12,13)14;/h1-2H;/q-1;+1. The van der Waals surface area contributed by atoms with Crippen molar-refractivity contribution in [1.29, 1.82) is 0 Å². The van der Waals surface area contributed by atoms with Crippen molar-refractivity contribution in [3.8, 4) is 0 Å². The van der Waals surface area contributed by atoms with Crippen LogP contribution in [0.3, 0.4) is 0 Å². The van der Waals surface area contributed by atoms with Gasteiger partial charge in [0, 0.05) is 6.20 Å². The number of pyridine rings is 1. The fourth-order valence-corrected chi connectivity index (χ4v) is 1.28. The number of nitrogens with zero attached hydrogens (tertiary/aromatic N) is 1. The Hall–Kier alpha value is 0.721. The fraction of sp³-hybridized carbons (Fsp3) is 0.167. The SMILES string of the molecule is F[B-](F)(F)c1ccnc(Cl)c1C(F)(F)F.[K+]. The van der Waals surface area contributed by atoms with Crippen molar-refractivity contribution in [2.45, 2.75) is 6.18 Å². The summed E-state index contributed by atoms with van der Waals surface area (Å²) in [6, 6.07) is 0.259. The third kappa shape index (κ3) is 3.88. The molecule has 10 heteroatoms. The molecule has 16 heavy (non-hydrogen) atoms. The number of aromatic nitrogens is 1. The zero-order chi connectivity index (χ0) is 11.9. The van der Waals surface area contributed by atoms with Crippen LogP contribution in [0.4, 0.5) is 26.1 Å². The topological polar surface area (TPSA) is 12.9 Å². The van der Waals surface area contributed by atoms with Gasteiger partial charge in [-0.3, -0.25) is 0 Å². The molecule has 1 rings (SSSR count). The molecule has 1 aromatic rings. The zero-order valence-electron chi connectivity index (χ0n) is 7.83. The minimum Gasteiger partial charge on any atom is -0.445 e. The summed E-state index contributed by atoms with van der Waals surface area (Å²) in [5.74, 6) is 0. The van der Waals surface area contributed by atoms with Crippen LogP contribution in [0.5, 0.6) is 0 Å². The summed E-state index contributed by atoms with van der Waals surface area (Å²) in [6.45, 7) is -5.77. The van der Waals surface area contributed by atoms with E-state index in [-0.39, 0.29) is 57.5 Å². The maximum Gasteiger partial charge on any atom is 1.00 e. The van der Waals surface area contributed by atoms with Crippen molar-refractivity contribution in [2.24, 2.45) is 0 Å². The van der Waals surface area contributed by atoms with Crippen LogP contribution in [-0.2, 0) is 6.18 Å². The largest absolute Gasteiger partial charge is 1.00 e. The maximum absolute atomic E-state index is 12.2.